The number of rotatable bonds is 22. The van der Waals surface area contributed by atoms with E-state index in [2.05, 4.69) is 5.16 Å². The fourth-order valence-corrected chi connectivity index (χ4v) is 8.73. The van der Waals surface area contributed by atoms with Crippen LogP contribution in [0.3, 0.4) is 0 Å². The van der Waals surface area contributed by atoms with Gasteiger partial charge in [-0.05, 0) is 65.2 Å². The van der Waals surface area contributed by atoms with Gasteiger partial charge in [-0.2, -0.15) is 0 Å². The molecule has 0 N–H and O–H groups in total. The molecule has 9 rings (SSSR count). The summed E-state index contributed by atoms with van der Waals surface area (Å²) < 4.78 is 64.8. The number of hydrogen-bond donors (Lipinski definition) is 0. The van der Waals surface area contributed by atoms with Crippen molar-refractivity contribution in [3.05, 3.63) is 251 Å². The second-order valence-electron chi connectivity index (χ2n) is 18.1. The molecule has 9 atom stereocenters. The second kappa shape index (κ2) is 27.7. The smallest absolute Gasteiger partial charge is 0.365 e. The Balaban J connectivity index is 1.10. The Morgan fingerprint density at radius 3 is 1.28 bits per heavy atom. The molecule has 0 aromatic heterocycles. The molecule has 7 aromatic carbocycles. The number of carbonyl (C=O) groups excluding carboxylic acids is 4. The van der Waals surface area contributed by atoms with Gasteiger partial charge in [0, 0.05) is 7.11 Å². The Kier molecular flexibility index (Phi) is 19.4. The fourth-order valence-electron chi connectivity index (χ4n) is 8.73. The first kappa shape index (κ1) is 54.6. The summed E-state index contributed by atoms with van der Waals surface area (Å²) in [7, 11) is 1.49. The van der Waals surface area contributed by atoms with Crippen molar-refractivity contribution in [2.45, 2.75) is 75.1 Å². The van der Waals surface area contributed by atoms with Gasteiger partial charge < -0.3 is 52.2 Å². The first-order chi connectivity index (χ1) is 38.3. The molecular formula is C62H57NO15. The maximum atomic E-state index is 14.3. The van der Waals surface area contributed by atoms with E-state index in [4.69, 9.17) is 52.2 Å². The topological polar surface area (TPSA) is 182 Å². The van der Waals surface area contributed by atoms with Gasteiger partial charge in [-0.1, -0.05) is 169 Å². The van der Waals surface area contributed by atoms with Crippen molar-refractivity contribution in [1.29, 1.82) is 0 Å². The molecule has 2 heterocycles. The predicted octanol–water partition coefficient (Wildman–Crippen LogP) is 9.38. The molecule has 2 saturated heterocycles. The van der Waals surface area contributed by atoms with Crippen LogP contribution < -0.4 is 0 Å². The van der Waals surface area contributed by atoms with Crippen LogP contribution in [0.2, 0.25) is 0 Å². The monoisotopic (exact) mass is 1060 g/mol. The lowest BCUT2D eigenvalue weighted by Gasteiger charge is -2.46. The summed E-state index contributed by atoms with van der Waals surface area (Å²) in [6.07, 6.45) is -11.3. The van der Waals surface area contributed by atoms with Crippen molar-refractivity contribution >= 4 is 29.6 Å². The number of ether oxygens (including phenoxy) is 10. The van der Waals surface area contributed by atoms with E-state index in [1.54, 1.807) is 84.9 Å². The average Bonchev–Trinajstić information content (AvgIpc) is 3.54. The normalized spacial score (nSPS) is 22.4. The van der Waals surface area contributed by atoms with Gasteiger partial charge in [0.05, 0.1) is 48.7 Å². The molecule has 0 aliphatic carbocycles. The summed E-state index contributed by atoms with van der Waals surface area (Å²) in [5, 5.41) is 4.31. The first-order valence-corrected chi connectivity index (χ1v) is 25.3. The molecule has 0 radical (unpaired) electrons. The molecule has 78 heavy (non-hydrogen) atoms. The molecule has 2 fully saturated rings. The molecule has 0 saturated carbocycles. The zero-order chi connectivity index (χ0) is 53.9. The highest BCUT2D eigenvalue weighted by atomic mass is 16.7. The maximum absolute atomic E-state index is 14.3. The highest BCUT2D eigenvalue weighted by Gasteiger charge is 2.53. The van der Waals surface area contributed by atoms with Crippen molar-refractivity contribution in [2.24, 2.45) is 5.16 Å². The number of benzene rings is 7. The van der Waals surface area contributed by atoms with Crippen LogP contribution in [0.15, 0.2) is 217 Å². The van der Waals surface area contributed by atoms with Gasteiger partial charge in [-0.3, -0.25) is 0 Å². The number of esters is 3. The third kappa shape index (κ3) is 14.6. The van der Waals surface area contributed by atoms with Crippen molar-refractivity contribution in [3.63, 3.8) is 0 Å². The van der Waals surface area contributed by atoms with Crippen LogP contribution in [-0.4, -0.2) is 105 Å². The second-order valence-corrected chi connectivity index (χ2v) is 18.1. The van der Waals surface area contributed by atoms with E-state index in [-0.39, 0.29) is 54.4 Å². The molecule has 0 unspecified atom stereocenters. The third-order valence-electron chi connectivity index (χ3n) is 12.7. The Morgan fingerprint density at radius 1 is 0.410 bits per heavy atom. The van der Waals surface area contributed by atoms with Crippen LogP contribution in [0.25, 0.3) is 0 Å². The lowest BCUT2D eigenvalue weighted by Crippen LogP contribution is -2.63. The fraction of sp³-hybridized carbons (Fsp3) is 0.242. The van der Waals surface area contributed by atoms with E-state index in [1.807, 2.05) is 91.0 Å². The van der Waals surface area contributed by atoms with Crippen LogP contribution in [-0.2, 0) is 72.0 Å². The summed E-state index contributed by atoms with van der Waals surface area (Å²) in [5.41, 5.74) is 2.90. The summed E-state index contributed by atoms with van der Waals surface area (Å²) in [6, 6.07) is 61.3. The van der Waals surface area contributed by atoms with Gasteiger partial charge in [-0.25, -0.2) is 19.2 Å². The van der Waals surface area contributed by atoms with Gasteiger partial charge in [0.2, 0.25) is 6.29 Å². The lowest BCUT2D eigenvalue weighted by molar-refractivity contribution is -0.327. The zero-order valence-electron chi connectivity index (χ0n) is 42.5. The van der Waals surface area contributed by atoms with E-state index < -0.39 is 85.8 Å². The molecule has 16 nitrogen and oxygen atoms in total. The molecule has 2 aliphatic heterocycles. The molecular weight excluding hydrogens is 999 g/mol. The molecule has 400 valence electrons. The highest BCUT2D eigenvalue weighted by molar-refractivity contribution is 5.99. The third-order valence-corrected chi connectivity index (χ3v) is 12.7. The minimum atomic E-state index is -1.73. The molecule has 16 heteroatoms. The van der Waals surface area contributed by atoms with Crippen molar-refractivity contribution in [1.82, 2.24) is 0 Å². The van der Waals surface area contributed by atoms with Crippen molar-refractivity contribution < 1.29 is 71.4 Å². The molecule has 2 aliphatic rings. The van der Waals surface area contributed by atoms with Crippen LogP contribution in [0.1, 0.15) is 58.1 Å². The number of nitrogens with zero attached hydrogens (tertiary/aromatic N) is 1. The Hall–Kier alpha value is -8.19. The summed E-state index contributed by atoms with van der Waals surface area (Å²) >= 11 is 0. The van der Waals surface area contributed by atoms with E-state index in [9.17, 15) is 19.2 Å². The molecule has 7 aromatic rings. The quantitative estimate of drug-likeness (QED) is 0.0271. The lowest BCUT2D eigenvalue weighted by atomic mass is 9.97. The SMILES string of the molecule is CO[C@H]1O[C@H](CO[C@H]2O[C@H](COC(=O)c3ccccc3)[C@H](OC(=O)c3ccccc3)[C@H](OC(=O)c3ccccc3)/C2=N\OC(=O)c2ccccc2)[C@@H](OCc2ccccc2)[C@H](OCc2ccccc2)[C@H]1OCc1ccccc1. The Bertz CT molecular complexity index is 3010. The van der Waals surface area contributed by atoms with Crippen molar-refractivity contribution in [3.8, 4) is 0 Å². The average molecular weight is 1060 g/mol. The van der Waals surface area contributed by atoms with Gasteiger partial charge in [0.15, 0.2) is 24.2 Å². The summed E-state index contributed by atoms with van der Waals surface area (Å²) in [5.74, 6) is -3.35. The van der Waals surface area contributed by atoms with Gasteiger partial charge >= 0.3 is 23.9 Å². The number of hydrogen-bond acceptors (Lipinski definition) is 16. The van der Waals surface area contributed by atoms with Crippen LogP contribution in [0.4, 0.5) is 0 Å². The Labute approximate surface area is 451 Å². The number of methoxy groups -OCH3 is 1. The minimum absolute atomic E-state index is 0.114. The zero-order valence-corrected chi connectivity index (χ0v) is 42.5. The minimum Gasteiger partial charge on any atom is -0.459 e. The molecule has 0 spiro atoms. The van der Waals surface area contributed by atoms with Crippen LogP contribution in [0.5, 0.6) is 0 Å². The van der Waals surface area contributed by atoms with E-state index in [0.717, 1.165) is 16.7 Å². The summed E-state index contributed by atoms with van der Waals surface area (Å²) in [6.45, 7) is -0.498. The maximum Gasteiger partial charge on any atom is 0.365 e. The number of carbonyl (C=O) groups is 4. The van der Waals surface area contributed by atoms with Crippen molar-refractivity contribution in [2.75, 3.05) is 20.3 Å². The first-order valence-electron chi connectivity index (χ1n) is 25.3. The number of oxime groups is 1. The van der Waals surface area contributed by atoms with Gasteiger partial charge in [0.25, 0.3) is 0 Å². The highest BCUT2D eigenvalue weighted by Crippen LogP contribution is 2.33. The van der Waals surface area contributed by atoms with Crippen LogP contribution in [0, 0.1) is 0 Å². The van der Waals surface area contributed by atoms with Crippen LogP contribution >= 0.6 is 0 Å². The molecule has 0 bridgehead atoms. The standard InChI is InChI=1S/C62H57NO15/c1-68-62-56(71-39-44-27-13-4-14-28-44)55(70-38-43-25-11-3-12-26-43)52(69-37-42-23-9-2-10-24-42)49(75-62)41-73-61-51(63-78-60(67)48-35-21-8-22-36-48)54(77-59(66)47-33-19-7-20-34-47)53(76-58(65)46-31-17-6-18-32-46)50(74-61)40-72-57(64)45-29-15-5-16-30-45/h2-36,49-50,52-56,61-62H,37-41H2,1H3/b63-51+/t49-,50-,52-,53+,54-,55+,56-,61+,62+/m1/s1. The van der Waals surface area contributed by atoms with E-state index in [1.165, 1.54) is 43.5 Å². The summed E-state index contributed by atoms with van der Waals surface area (Å²) in [4.78, 5) is 61.4. The molecule has 0 amide bonds. The largest absolute Gasteiger partial charge is 0.459 e. The van der Waals surface area contributed by atoms with E-state index >= 15 is 0 Å². The Morgan fingerprint density at radius 2 is 0.808 bits per heavy atom. The van der Waals surface area contributed by atoms with Gasteiger partial charge in [0.1, 0.15) is 37.1 Å². The predicted molar refractivity (Wildman–Crippen MR) is 283 cm³/mol. The van der Waals surface area contributed by atoms with Gasteiger partial charge in [-0.15, -0.1) is 0 Å². The van der Waals surface area contributed by atoms with E-state index in [0.29, 0.717) is 0 Å².